The van der Waals surface area contributed by atoms with Gasteiger partial charge in [0.25, 0.3) is 5.91 Å². The molecule has 1 amide bonds. The summed E-state index contributed by atoms with van der Waals surface area (Å²) in [4.78, 5) is 20.2. The largest absolute Gasteiger partial charge is 0.493 e. The first-order valence-electron chi connectivity index (χ1n) is 11.7. The minimum atomic E-state index is -0.131. The number of benzene rings is 3. The molecule has 0 spiro atoms. The van der Waals surface area contributed by atoms with Crippen LogP contribution in [0.5, 0.6) is 11.5 Å². The summed E-state index contributed by atoms with van der Waals surface area (Å²) >= 11 is 20.1. The van der Waals surface area contributed by atoms with Crippen molar-refractivity contribution in [2.24, 2.45) is 4.99 Å². The van der Waals surface area contributed by atoms with Crippen molar-refractivity contribution >= 4 is 69.4 Å². The van der Waals surface area contributed by atoms with Gasteiger partial charge in [-0.25, -0.2) is 4.99 Å². The normalized spacial score (nSPS) is 15.5. The second-order valence-electron chi connectivity index (χ2n) is 8.20. The van der Waals surface area contributed by atoms with E-state index in [0.717, 1.165) is 11.3 Å². The molecular formula is C28H25Cl3N2O4S. The Hall–Kier alpha value is -2.68. The number of thioether (sulfide) groups is 1. The van der Waals surface area contributed by atoms with E-state index in [4.69, 9.17) is 54.0 Å². The van der Waals surface area contributed by atoms with E-state index in [9.17, 15) is 4.79 Å². The van der Waals surface area contributed by atoms with Crippen molar-refractivity contribution in [3.63, 3.8) is 0 Å². The number of hydrogen-bond donors (Lipinski definition) is 0. The lowest BCUT2D eigenvalue weighted by Gasteiger charge is -2.15. The van der Waals surface area contributed by atoms with Crippen LogP contribution in [0, 0.1) is 0 Å². The van der Waals surface area contributed by atoms with E-state index in [-0.39, 0.29) is 12.5 Å². The number of aliphatic imine (C=N–C) groups is 1. The second kappa shape index (κ2) is 13.4. The predicted octanol–water partition coefficient (Wildman–Crippen LogP) is 7.87. The van der Waals surface area contributed by atoms with Gasteiger partial charge in [-0.2, -0.15) is 0 Å². The van der Waals surface area contributed by atoms with Gasteiger partial charge in [0.05, 0.1) is 22.7 Å². The number of hydrogen-bond acceptors (Lipinski definition) is 6. The molecule has 1 aliphatic heterocycles. The minimum absolute atomic E-state index is 0.131. The molecule has 1 saturated heterocycles. The fourth-order valence-corrected chi connectivity index (χ4v) is 5.43. The first kappa shape index (κ1) is 28.3. The van der Waals surface area contributed by atoms with Crippen LogP contribution in [0.1, 0.15) is 17.5 Å². The van der Waals surface area contributed by atoms with Crippen molar-refractivity contribution in [2.75, 3.05) is 27.4 Å². The van der Waals surface area contributed by atoms with Gasteiger partial charge in [-0.3, -0.25) is 9.69 Å². The Morgan fingerprint density at radius 3 is 2.50 bits per heavy atom. The van der Waals surface area contributed by atoms with E-state index in [0.29, 0.717) is 61.8 Å². The third-order valence-electron chi connectivity index (χ3n) is 5.54. The van der Waals surface area contributed by atoms with Gasteiger partial charge < -0.3 is 14.2 Å². The zero-order chi connectivity index (χ0) is 27.1. The van der Waals surface area contributed by atoms with E-state index < -0.39 is 0 Å². The lowest BCUT2D eigenvalue weighted by Crippen LogP contribution is -2.30. The van der Waals surface area contributed by atoms with E-state index in [1.54, 1.807) is 48.4 Å². The van der Waals surface area contributed by atoms with E-state index in [2.05, 4.69) is 0 Å². The Balaban J connectivity index is 1.59. The summed E-state index contributed by atoms with van der Waals surface area (Å²) in [5.41, 5.74) is 2.22. The molecule has 1 fully saturated rings. The van der Waals surface area contributed by atoms with Gasteiger partial charge in [0.2, 0.25) is 0 Å². The average Bonchev–Trinajstić information content (AvgIpc) is 3.18. The first-order chi connectivity index (χ1) is 18.4. The maximum absolute atomic E-state index is 13.3. The molecule has 0 N–H and O–H groups in total. The molecule has 0 aliphatic carbocycles. The van der Waals surface area contributed by atoms with Gasteiger partial charge in [0.15, 0.2) is 16.7 Å². The van der Waals surface area contributed by atoms with Crippen LogP contribution < -0.4 is 9.47 Å². The molecule has 0 radical (unpaired) electrons. The van der Waals surface area contributed by atoms with Crippen molar-refractivity contribution in [3.8, 4) is 11.5 Å². The SMILES string of the molecule is COCCCN1C(=O)/C(=C/c2cc(Cl)c(OCc3ccc(Cl)cc3Cl)c(OC)c2)SC1=Nc1ccccc1. The number of amides is 1. The van der Waals surface area contributed by atoms with Gasteiger partial charge in [-0.1, -0.05) is 59.1 Å². The highest BCUT2D eigenvalue weighted by molar-refractivity contribution is 8.18. The molecule has 38 heavy (non-hydrogen) atoms. The molecule has 1 aliphatic rings. The van der Waals surface area contributed by atoms with Crippen LogP contribution in [0.25, 0.3) is 6.08 Å². The van der Waals surface area contributed by atoms with Crippen LogP contribution in [-0.2, 0) is 16.1 Å². The highest BCUT2D eigenvalue weighted by Crippen LogP contribution is 2.40. The van der Waals surface area contributed by atoms with E-state index in [1.165, 1.54) is 18.9 Å². The quantitative estimate of drug-likeness (QED) is 0.177. The number of nitrogens with zero attached hydrogens (tertiary/aromatic N) is 2. The summed E-state index contributed by atoms with van der Waals surface area (Å²) in [6.07, 6.45) is 2.46. The lowest BCUT2D eigenvalue weighted by atomic mass is 10.1. The number of carbonyl (C=O) groups is 1. The standard InChI is InChI=1S/C28H25Cl3N2O4S/c1-35-12-6-11-33-27(34)25(38-28(33)32-21-7-4-3-5-8-21)15-18-13-23(31)26(24(14-18)36-2)37-17-19-9-10-20(29)16-22(19)30/h3-5,7-10,13-16H,6,11-12,17H2,1-2H3/b25-15-,32-28?. The summed E-state index contributed by atoms with van der Waals surface area (Å²) < 4.78 is 16.7. The van der Waals surface area contributed by atoms with Gasteiger partial charge in [-0.15, -0.1) is 0 Å². The molecule has 198 valence electrons. The van der Waals surface area contributed by atoms with E-state index >= 15 is 0 Å². The predicted molar refractivity (Wildman–Crippen MR) is 156 cm³/mol. The van der Waals surface area contributed by atoms with Crippen LogP contribution in [0.15, 0.2) is 70.6 Å². The molecule has 0 atom stereocenters. The zero-order valence-electron chi connectivity index (χ0n) is 20.7. The van der Waals surface area contributed by atoms with Crippen LogP contribution in [0.4, 0.5) is 5.69 Å². The fourth-order valence-electron chi connectivity index (χ4n) is 3.67. The number of halogens is 3. The Morgan fingerprint density at radius 1 is 1.00 bits per heavy atom. The Kier molecular flexibility index (Phi) is 9.99. The molecule has 6 nitrogen and oxygen atoms in total. The molecule has 0 bridgehead atoms. The van der Waals surface area contributed by atoms with Crippen molar-refractivity contribution < 1.29 is 19.0 Å². The summed E-state index contributed by atoms with van der Waals surface area (Å²) in [6.45, 7) is 1.21. The minimum Gasteiger partial charge on any atom is -0.493 e. The fraction of sp³-hybridized carbons (Fsp3) is 0.214. The smallest absolute Gasteiger partial charge is 0.266 e. The summed E-state index contributed by atoms with van der Waals surface area (Å²) in [7, 11) is 3.17. The highest BCUT2D eigenvalue weighted by atomic mass is 35.5. The maximum atomic E-state index is 13.3. The Labute approximate surface area is 241 Å². The van der Waals surface area contributed by atoms with Gasteiger partial charge in [0.1, 0.15) is 6.61 Å². The highest BCUT2D eigenvalue weighted by Gasteiger charge is 2.33. The molecular weight excluding hydrogens is 567 g/mol. The van der Waals surface area contributed by atoms with Crippen molar-refractivity contribution in [3.05, 3.63) is 91.8 Å². The van der Waals surface area contributed by atoms with Gasteiger partial charge in [0, 0.05) is 35.9 Å². The molecule has 0 aromatic heterocycles. The van der Waals surface area contributed by atoms with Gasteiger partial charge in [-0.05, 0) is 66.2 Å². The Morgan fingerprint density at radius 2 is 1.79 bits per heavy atom. The zero-order valence-corrected chi connectivity index (χ0v) is 23.8. The number of methoxy groups -OCH3 is 2. The molecule has 0 unspecified atom stereocenters. The third-order valence-corrected chi connectivity index (χ3v) is 7.41. The number of carbonyl (C=O) groups excluding carboxylic acids is 1. The summed E-state index contributed by atoms with van der Waals surface area (Å²) in [5, 5.41) is 1.99. The number of para-hydroxylation sites is 1. The first-order valence-corrected chi connectivity index (χ1v) is 13.6. The topological polar surface area (TPSA) is 60.4 Å². The summed E-state index contributed by atoms with van der Waals surface area (Å²) in [6, 6.07) is 18.2. The van der Waals surface area contributed by atoms with E-state index in [1.807, 2.05) is 30.3 Å². The Bertz CT molecular complexity index is 1370. The number of rotatable bonds is 10. The molecule has 1 heterocycles. The van der Waals surface area contributed by atoms with Crippen LogP contribution in [0.3, 0.4) is 0 Å². The van der Waals surface area contributed by atoms with Crippen molar-refractivity contribution in [2.45, 2.75) is 13.0 Å². The van der Waals surface area contributed by atoms with Gasteiger partial charge >= 0.3 is 0 Å². The molecule has 0 saturated carbocycles. The van der Waals surface area contributed by atoms with Crippen LogP contribution in [-0.4, -0.2) is 43.3 Å². The molecule has 10 heteroatoms. The number of ether oxygens (including phenoxy) is 3. The molecule has 3 aromatic carbocycles. The van der Waals surface area contributed by atoms with Crippen molar-refractivity contribution in [1.29, 1.82) is 0 Å². The monoisotopic (exact) mass is 590 g/mol. The van der Waals surface area contributed by atoms with Crippen LogP contribution >= 0.6 is 46.6 Å². The molecule has 4 rings (SSSR count). The second-order valence-corrected chi connectivity index (χ2v) is 10.5. The number of amidine groups is 1. The summed E-state index contributed by atoms with van der Waals surface area (Å²) in [5.74, 6) is 0.675. The van der Waals surface area contributed by atoms with Crippen molar-refractivity contribution in [1.82, 2.24) is 4.90 Å². The average molecular weight is 592 g/mol. The maximum Gasteiger partial charge on any atom is 0.266 e. The third kappa shape index (κ3) is 7.04. The van der Waals surface area contributed by atoms with Crippen LogP contribution in [0.2, 0.25) is 15.1 Å². The molecule has 3 aromatic rings. The lowest BCUT2D eigenvalue weighted by molar-refractivity contribution is -0.122.